The Bertz CT molecular complexity index is 1010. The molecule has 8 heteroatoms. The summed E-state index contributed by atoms with van der Waals surface area (Å²) in [5.41, 5.74) is 0.788. The maximum absolute atomic E-state index is 11.1. The first kappa shape index (κ1) is 18.4. The third-order valence-electron chi connectivity index (χ3n) is 3.65. The molecule has 0 aliphatic rings. The minimum Gasteiger partial charge on any atom is -0.494 e. The van der Waals surface area contributed by atoms with Gasteiger partial charge in [-0.2, -0.15) is 0 Å². The van der Waals surface area contributed by atoms with Crippen LogP contribution in [0.15, 0.2) is 48.8 Å². The van der Waals surface area contributed by atoms with Crippen molar-refractivity contribution in [2.45, 2.75) is 6.42 Å². The summed E-state index contributed by atoms with van der Waals surface area (Å²) in [5, 5.41) is 5.55. The van der Waals surface area contributed by atoms with Crippen molar-refractivity contribution in [1.29, 1.82) is 0 Å². The smallest absolute Gasteiger partial charge is 0.147 e. The standard InChI is InChI=1S/C18H18ClN3O3S/c1-26(23,24)10-2-9-25-15-4-5-16-13(11-15)7-8-20-18(16)22-14-3-6-17(19)21-12-14/h3-8,11-12H,2,9-10H2,1H3,(H,20,22). The summed E-state index contributed by atoms with van der Waals surface area (Å²) in [5.74, 6) is 1.51. The van der Waals surface area contributed by atoms with Gasteiger partial charge in [0.25, 0.3) is 0 Å². The van der Waals surface area contributed by atoms with Gasteiger partial charge in [0.2, 0.25) is 0 Å². The van der Waals surface area contributed by atoms with Gasteiger partial charge in [0.15, 0.2) is 0 Å². The Morgan fingerprint density at radius 1 is 1.15 bits per heavy atom. The second-order valence-electron chi connectivity index (χ2n) is 5.87. The first-order chi connectivity index (χ1) is 12.4. The first-order valence-corrected chi connectivity index (χ1v) is 10.4. The predicted octanol–water partition coefficient (Wildman–Crippen LogP) is 3.84. The number of anilines is 2. The zero-order chi connectivity index (χ0) is 18.6. The van der Waals surface area contributed by atoms with E-state index in [0.717, 1.165) is 16.5 Å². The molecule has 0 aliphatic heterocycles. The molecule has 26 heavy (non-hydrogen) atoms. The van der Waals surface area contributed by atoms with E-state index in [9.17, 15) is 8.42 Å². The van der Waals surface area contributed by atoms with Gasteiger partial charge in [0.05, 0.1) is 24.2 Å². The molecule has 0 saturated heterocycles. The second kappa shape index (κ2) is 7.88. The maximum atomic E-state index is 11.1. The van der Waals surface area contributed by atoms with Gasteiger partial charge in [0, 0.05) is 17.8 Å². The zero-order valence-electron chi connectivity index (χ0n) is 14.1. The number of aromatic nitrogens is 2. The molecule has 0 fully saturated rings. The lowest BCUT2D eigenvalue weighted by Crippen LogP contribution is -2.07. The van der Waals surface area contributed by atoms with Gasteiger partial charge in [-0.15, -0.1) is 0 Å². The molecule has 3 aromatic rings. The fourth-order valence-electron chi connectivity index (χ4n) is 2.44. The van der Waals surface area contributed by atoms with Crippen LogP contribution >= 0.6 is 11.6 Å². The Labute approximate surface area is 157 Å². The fourth-order valence-corrected chi connectivity index (χ4v) is 3.20. The van der Waals surface area contributed by atoms with E-state index in [2.05, 4.69) is 15.3 Å². The summed E-state index contributed by atoms with van der Waals surface area (Å²) >= 11 is 5.80. The molecule has 0 amide bonds. The molecular weight excluding hydrogens is 374 g/mol. The van der Waals surface area contributed by atoms with Crippen molar-refractivity contribution in [3.8, 4) is 5.75 Å². The van der Waals surface area contributed by atoms with Crippen LogP contribution in [0.4, 0.5) is 11.5 Å². The molecular formula is C18H18ClN3O3S. The summed E-state index contributed by atoms with van der Waals surface area (Å²) < 4.78 is 27.9. The number of fused-ring (bicyclic) bond motifs is 1. The number of sulfone groups is 1. The van der Waals surface area contributed by atoms with Crippen molar-refractivity contribution in [2.75, 3.05) is 23.9 Å². The molecule has 2 aromatic heterocycles. The minimum absolute atomic E-state index is 0.119. The molecule has 2 heterocycles. The number of hydrogen-bond donors (Lipinski definition) is 1. The van der Waals surface area contributed by atoms with Gasteiger partial charge in [-0.1, -0.05) is 11.6 Å². The molecule has 136 valence electrons. The molecule has 3 rings (SSSR count). The lowest BCUT2D eigenvalue weighted by molar-refractivity contribution is 0.318. The number of ether oxygens (including phenoxy) is 1. The molecule has 0 radical (unpaired) electrons. The van der Waals surface area contributed by atoms with Crippen LogP contribution in [0, 0.1) is 0 Å². The Hall–Kier alpha value is -2.38. The molecule has 0 bridgehead atoms. The van der Waals surface area contributed by atoms with Crippen molar-refractivity contribution in [2.24, 2.45) is 0 Å². The normalized spacial score (nSPS) is 11.5. The quantitative estimate of drug-likeness (QED) is 0.486. The maximum Gasteiger partial charge on any atom is 0.147 e. The number of hydrogen-bond acceptors (Lipinski definition) is 6. The lowest BCUT2D eigenvalue weighted by Gasteiger charge is -2.10. The highest BCUT2D eigenvalue weighted by molar-refractivity contribution is 7.90. The van der Waals surface area contributed by atoms with Gasteiger partial charge in [0.1, 0.15) is 26.6 Å². The van der Waals surface area contributed by atoms with E-state index in [-0.39, 0.29) is 5.75 Å². The van der Waals surface area contributed by atoms with Crippen LogP contribution < -0.4 is 10.1 Å². The van der Waals surface area contributed by atoms with Crippen molar-refractivity contribution >= 4 is 43.7 Å². The predicted molar refractivity (Wildman–Crippen MR) is 104 cm³/mol. The van der Waals surface area contributed by atoms with Crippen LogP contribution in [-0.4, -0.2) is 37.0 Å². The van der Waals surface area contributed by atoms with E-state index in [0.29, 0.717) is 29.7 Å². The zero-order valence-corrected chi connectivity index (χ0v) is 15.7. The van der Waals surface area contributed by atoms with E-state index >= 15 is 0 Å². The Balaban J connectivity index is 1.73. The van der Waals surface area contributed by atoms with Crippen LogP contribution in [-0.2, 0) is 9.84 Å². The molecule has 0 spiro atoms. The molecule has 0 saturated carbocycles. The second-order valence-corrected chi connectivity index (χ2v) is 8.52. The van der Waals surface area contributed by atoms with Crippen LogP contribution in [0.5, 0.6) is 5.75 Å². The molecule has 0 unspecified atom stereocenters. The van der Waals surface area contributed by atoms with Crippen LogP contribution in [0.2, 0.25) is 5.15 Å². The van der Waals surface area contributed by atoms with Crippen molar-refractivity contribution in [3.63, 3.8) is 0 Å². The van der Waals surface area contributed by atoms with Crippen LogP contribution in [0.1, 0.15) is 6.42 Å². The molecule has 1 aromatic carbocycles. The molecule has 1 N–H and O–H groups in total. The van der Waals surface area contributed by atoms with Crippen LogP contribution in [0.25, 0.3) is 10.8 Å². The van der Waals surface area contributed by atoms with Crippen LogP contribution in [0.3, 0.4) is 0 Å². The largest absolute Gasteiger partial charge is 0.494 e. The third kappa shape index (κ3) is 5.06. The minimum atomic E-state index is -2.96. The average molecular weight is 392 g/mol. The Morgan fingerprint density at radius 3 is 2.73 bits per heavy atom. The van der Waals surface area contributed by atoms with Gasteiger partial charge >= 0.3 is 0 Å². The van der Waals surface area contributed by atoms with E-state index in [1.807, 2.05) is 30.3 Å². The van der Waals surface area contributed by atoms with Gasteiger partial charge in [-0.25, -0.2) is 18.4 Å². The lowest BCUT2D eigenvalue weighted by atomic mass is 10.1. The van der Waals surface area contributed by atoms with Gasteiger partial charge < -0.3 is 10.1 Å². The number of benzene rings is 1. The summed E-state index contributed by atoms with van der Waals surface area (Å²) in [6, 6.07) is 11.1. The van der Waals surface area contributed by atoms with E-state index in [1.54, 1.807) is 18.5 Å². The summed E-state index contributed by atoms with van der Waals surface area (Å²) in [7, 11) is -2.96. The number of pyridine rings is 2. The topological polar surface area (TPSA) is 81.2 Å². The van der Waals surface area contributed by atoms with E-state index in [4.69, 9.17) is 16.3 Å². The van der Waals surface area contributed by atoms with Crippen molar-refractivity contribution < 1.29 is 13.2 Å². The summed E-state index contributed by atoms with van der Waals surface area (Å²) in [6.45, 7) is 0.352. The van der Waals surface area contributed by atoms with Crippen molar-refractivity contribution in [1.82, 2.24) is 9.97 Å². The van der Waals surface area contributed by atoms with E-state index < -0.39 is 9.84 Å². The Kier molecular flexibility index (Phi) is 5.58. The monoisotopic (exact) mass is 391 g/mol. The molecule has 6 nitrogen and oxygen atoms in total. The highest BCUT2D eigenvalue weighted by Gasteiger charge is 2.06. The van der Waals surface area contributed by atoms with Gasteiger partial charge in [-0.05, 0) is 48.2 Å². The summed E-state index contributed by atoms with van der Waals surface area (Å²) in [6.07, 6.45) is 5.04. The first-order valence-electron chi connectivity index (χ1n) is 7.99. The fraction of sp³-hybridized carbons (Fsp3) is 0.222. The molecule has 0 atom stereocenters. The SMILES string of the molecule is CS(=O)(=O)CCCOc1ccc2c(Nc3ccc(Cl)nc3)nccc2c1. The van der Waals surface area contributed by atoms with Crippen molar-refractivity contribution in [3.05, 3.63) is 53.9 Å². The number of rotatable bonds is 7. The number of halogens is 1. The van der Waals surface area contributed by atoms with E-state index in [1.165, 1.54) is 6.26 Å². The highest BCUT2D eigenvalue weighted by atomic mass is 35.5. The Morgan fingerprint density at radius 2 is 2.00 bits per heavy atom. The molecule has 0 aliphatic carbocycles. The van der Waals surface area contributed by atoms with Gasteiger partial charge in [-0.3, -0.25) is 0 Å². The third-order valence-corrected chi connectivity index (χ3v) is 4.91. The highest BCUT2D eigenvalue weighted by Crippen LogP contribution is 2.27. The number of nitrogens with zero attached hydrogens (tertiary/aromatic N) is 2. The summed E-state index contributed by atoms with van der Waals surface area (Å²) in [4.78, 5) is 8.42. The average Bonchev–Trinajstić information content (AvgIpc) is 2.60. The number of nitrogens with one attached hydrogen (secondary N) is 1.